The molecular weight excluding hydrogens is 503 g/mol. The van der Waals surface area contributed by atoms with Crippen molar-refractivity contribution in [3.8, 4) is 11.1 Å². The lowest BCUT2D eigenvalue weighted by Crippen LogP contribution is -2.39. The van der Waals surface area contributed by atoms with Crippen LogP contribution in [0.15, 0.2) is 60.7 Å². The molecular formula is C27H24F3N3O3S. The molecule has 192 valence electrons. The number of aryl methyl sites for hydroxylation is 2. The highest BCUT2D eigenvalue weighted by molar-refractivity contribution is 7.92. The number of halogens is 3. The zero-order valence-corrected chi connectivity index (χ0v) is 20.6. The second kappa shape index (κ2) is 8.51. The van der Waals surface area contributed by atoms with Gasteiger partial charge < -0.3 is 4.90 Å². The summed E-state index contributed by atoms with van der Waals surface area (Å²) in [7, 11) is -3.89. The number of carbonyl (C=O) groups is 1. The summed E-state index contributed by atoms with van der Waals surface area (Å²) in [6.45, 7) is 1.16. The van der Waals surface area contributed by atoms with E-state index in [2.05, 4.69) is 4.72 Å². The highest BCUT2D eigenvalue weighted by atomic mass is 32.2. The van der Waals surface area contributed by atoms with Crippen molar-refractivity contribution < 1.29 is 26.4 Å². The average molecular weight is 528 g/mol. The molecule has 3 aliphatic rings. The topological polar surface area (TPSA) is 69.7 Å². The number of amides is 1. The summed E-state index contributed by atoms with van der Waals surface area (Å²) >= 11 is 0. The first-order valence-electron chi connectivity index (χ1n) is 12.1. The molecule has 3 heterocycles. The summed E-state index contributed by atoms with van der Waals surface area (Å²) in [5.41, 5.74) is 5.09. The van der Waals surface area contributed by atoms with E-state index in [0.29, 0.717) is 37.3 Å². The minimum atomic E-state index is -4.39. The summed E-state index contributed by atoms with van der Waals surface area (Å²) < 4.78 is 68.1. The summed E-state index contributed by atoms with van der Waals surface area (Å²) in [6.07, 6.45) is -1.76. The van der Waals surface area contributed by atoms with E-state index in [0.717, 1.165) is 46.7 Å². The maximum atomic E-state index is 13.3. The first-order chi connectivity index (χ1) is 17.6. The molecule has 6 rings (SSSR count). The number of carbonyl (C=O) groups excluding carboxylic acids is 1. The molecule has 0 radical (unpaired) electrons. The van der Waals surface area contributed by atoms with Gasteiger partial charge in [0.25, 0.3) is 5.91 Å². The molecule has 3 aromatic carbocycles. The third-order valence-electron chi connectivity index (χ3n) is 7.34. The van der Waals surface area contributed by atoms with Crippen LogP contribution in [0.1, 0.15) is 35.1 Å². The van der Waals surface area contributed by atoms with Gasteiger partial charge in [0.2, 0.25) is 0 Å². The fraction of sp³-hybridized carbons (Fsp3) is 0.296. The van der Waals surface area contributed by atoms with Crippen LogP contribution in [0.2, 0.25) is 0 Å². The highest BCUT2D eigenvalue weighted by Crippen LogP contribution is 2.39. The van der Waals surface area contributed by atoms with Crippen molar-refractivity contribution >= 4 is 27.5 Å². The Bertz CT molecular complexity index is 1520. The van der Waals surface area contributed by atoms with Crippen LogP contribution in [0.5, 0.6) is 0 Å². The van der Waals surface area contributed by atoms with Crippen LogP contribution in [0.3, 0.4) is 0 Å². The third-order valence-corrected chi connectivity index (χ3v) is 8.77. The summed E-state index contributed by atoms with van der Waals surface area (Å²) in [5, 5.41) is 0. The lowest BCUT2D eigenvalue weighted by molar-refractivity contribution is -0.137. The minimum Gasteiger partial charge on any atom is -0.367 e. The molecule has 0 aliphatic carbocycles. The fourth-order valence-corrected chi connectivity index (χ4v) is 7.06. The van der Waals surface area contributed by atoms with Gasteiger partial charge in [-0.3, -0.25) is 4.79 Å². The molecule has 3 aliphatic heterocycles. The van der Waals surface area contributed by atoms with Gasteiger partial charge in [0.15, 0.2) is 0 Å². The molecule has 1 N–H and O–H groups in total. The first kappa shape index (κ1) is 23.8. The number of rotatable bonds is 3. The van der Waals surface area contributed by atoms with E-state index in [1.54, 1.807) is 12.1 Å². The number of alkyl halides is 3. The lowest BCUT2D eigenvalue weighted by Gasteiger charge is -2.32. The zero-order valence-electron chi connectivity index (χ0n) is 19.8. The van der Waals surface area contributed by atoms with E-state index >= 15 is 0 Å². The Balaban J connectivity index is 1.29. The second-order valence-corrected chi connectivity index (χ2v) is 11.3. The van der Waals surface area contributed by atoms with E-state index in [-0.39, 0.29) is 0 Å². The Hall–Kier alpha value is -3.53. The number of nitrogens with one attached hydrogen (secondary N) is 1. The van der Waals surface area contributed by atoms with Crippen molar-refractivity contribution in [2.24, 2.45) is 0 Å². The summed E-state index contributed by atoms with van der Waals surface area (Å²) in [5.74, 6) is -0.496. The molecule has 0 saturated carbocycles. The monoisotopic (exact) mass is 527 g/mol. The molecule has 3 aromatic rings. The Morgan fingerprint density at radius 2 is 1.73 bits per heavy atom. The summed E-state index contributed by atoms with van der Waals surface area (Å²) in [4.78, 5) is 14.1. The largest absolute Gasteiger partial charge is 0.416 e. The van der Waals surface area contributed by atoms with E-state index in [9.17, 15) is 26.4 Å². The Morgan fingerprint density at radius 3 is 2.54 bits per heavy atom. The lowest BCUT2D eigenvalue weighted by atomic mass is 9.93. The molecule has 37 heavy (non-hydrogen) atoms. The molecule has 1 atom stereocenters. The number of nitrogens with zero attached hydrogens (tertiary/aromatic N) is 2. The van der Waals surface area contributed by atoms with Crippen LogP contribution in [-0.2, 0) is 40.6 Å². The second-order valence-electron chi connectivity index (χ2n) is 9.73. The van der Waals surface area contributed by atoms with Crippen LogP contribution < -0.4 is 13.9 Å². The average Bonchev–Trinajstić information content (AvgIpc) is 3.11. The Kier molecular flexibility index (Phi) is 5.48. The maximum Gasteiger partial charge on any atom is 0.416 e. The van der Waals surface area contributed by atoms with Crippen molar-refractivity contribution in [3.63, 3.8) is 0 Å². The molecule has 10 heteroatoms. The maximum absolute atomic E-state index is 13.3. The molecule has 6 nitrogen and oxygen atoms in total. The van der Waals surface area contributed by atoms with Crippen molar-refractivity contribution in [3.05, 3.63) is 82.9 Å². The zero-order chi connectivity index (χ0) is 25.9. The Labute approximate surface area is 212 Å². The predicted octanol–water partition coefficient (Wildman–Crippen LogP) is 4.82. The number of hydrogen-bond donors (Lipinski definition) is 1. The SMILES string of the molecule is O=C1NS(=O)(=O)N2c3ccc(-c4cccc(CN5CCCc6ccc(C(F)(F)F)cc65)c4)cc3CCC12. The van der Waals surface area contributed by atoms with Crippen molar-refractivity contribution in [1.82, 2.24) is 4.72 Å². The number of hydrogen-bond acceptors (Lipinski definition) is 4. The van der Waals surface area contributed by atoms with Crippen molar-refractivity contribution in [1.29, 1.82) is 0 Å². The molecule has 0 aromatic heterocycles. The van der Waals surface area contributed by atoms with Crippen LogP contribution >= 0.6 is 0 Å². The molecule has 0 bridgehead atoms. The van der Waals surface area contributed by atoms with Gasteiger partial charge in [-0.05, 0) is 83.8 Å². The van der Waals surface area contributed by atoms with E-state index in [1.807, 2.05) is 41.3 Å². The normalized spacial score (nSPS) is 20.2. The van der Waals surface area contributed by atoms with Gasteiger partial charge in [-0.2, -0.15) is 21.6 Å². The number of benzene rings is 3. The molecule has 0 spiro atoms. The highest BCUT2D eigenvalue weighted by Gasteiger charge is 2.46. The van der Waals surface area contributed by atoms with Gasteiger partial charge in [-0.25, -0.2) is 9.03 Å². The number of anilines is 2. The van der Waals surface area contributed by atoms with Crippen LogP contribution in [0.25, 0.3) is 11.1 Å². The third kappa shape index (κ3) is 4.22. The van der Waals surface area contributed by atoms with Crippen LogP contribution in [0.4, 0.5) is 24.5 Å². The molecule has 1 unspecified atom stereocenters. The van der Waals surface area contributed by atoms with Crippen LogP contribution in [0, 0.1) is 0 Å². The van der Waals surface area contributed by atoms with E-state index < -0.39 is 33.9 Å². The standard InChI is InChI=1S/C27H24F3N3O3S/c28-27(29,30)22-9-6-18-5-2-12-32(25(18)15-22)16-17-3-1-4-19(13-17)20-7-10-23-21(14-20)8-11-24-26(34)31-37(35,36)33(23)24/h1,3-4,6-7,9-10,13-15,24H,2,5,8,11-12,16H2,(H,31,34). The van der Waals surface area contributed by atoms with E-state index in [1.165, 1.54) is 10.4 Å². The van der Waals surface area contributed by atoms with Gasteiger partial charge in [0, 0.05) is 18.8 Å². The van der Waals surface area contributed by atoms with Gasteiger partial charge in [-0.1, -0.05) is 30.3 Å². The Morgan fingerprint density at radius 1 is 0.919 bits per heavy atom. The van der Waals surface area contributed by atoms with Gasteiger partial charge in [-0.15, -0.1) is 0 Å². The quantitative estimate of drug-likeness (QED) is 0.530. The fourth-order valence-electron chi connectivity index (χ4n) is 5.60. The molecule has 1 fully saturated rings. The predicted molar refractivity (Wildman–Crippen MR) is 134 cm³/mol. The van der Waals surface area contributed by atoms with Gasteiger partial charge in [0.05, 0.1) is 11.3 Å². The number of fused-ring (bicyclic) bond motifs is 4. The first-order valence-corrected chi connectivity index (χ1v) is 13.6. The minimum absolute atomic E-state index is 0.413. The van der Waals surface area contributed by atoms with Crippen molar-refractivity contribution in [2.45, 2.75) is 44.4 Å². The van der Waals surface area contributed by atoms with E-state index in [4.69, 9.17) is 0 Å². The van der Waals surface area contributed by atoms with Gasteiger partial charge in [0.1, 0.15) is 6.04 Å². The van der Waals surface area contributed by atoms with Crippen molar-refractivity contribution in [2.75, 3.05) is 15.7 Å². The molecule has 1 amide bonds. The summed E-state index contributed by atoms with van der Waals surface area (Å²) in [6, 6.07) is 16.7. The molecule has 1 saturated heterocycles. The van der Waals surface area contributed by atoms with Gasteiger partial charge >= 0.3 is 16.4 Å². The van der Waals surface area contributed by atoms with Crippen LogP contribution in [-0.4, -0.2) is 26.9 Å². The smallest absolute Gasteiger partial charge is 0.367 e.